The highest BCUT2D eigenvalue weighted by atomic mass is 32.1. The Labute approximate surface area is 198 Å². The molecule has 10 heteroatoms. The van der Waals surface area contributed by atoms with Crippen molar-refractivity contribution >= 4 is 22.2 Å². The second-order valence-electron chi connectivity index (χ2n) is 7.97. The van der Waals surface area contributed by atoms with Crippen LogP contribution in [0.1, 0.15) is 16.1 Å². The number of amides is 1. The molecule has 0 aliphatic carbocycles. The lowest BCUT2D eigenvalue weighted by molar-refractivity contribution is 0.0626. The third kappa shape index (κ3) is 4.42. The van der Waals surface area contributed by atoms with Gasteiger partial charge < -0.3 is 9.64 Å². The standard InChI is InChI=1S/C24H22FN5O3S/c1-33-20-8-3-2-7-19(20)22-27-30-21(31)14-18(26-24(30)34-22)15-28-9-11-29(12-10-28)23(32)16-5-4-6-17(25)13-16/h2-8,13-14H,9-12,15H2,1H3. The first kappa shape index (κ1) is 22.2. The fraction of sp³-hybridized carbons (Fsp3) is 0.250. The summed E-state index contributed by atoms with van der Waals surface area (Å²) in [6, 6.07) is 14.8. The summed E-state index contributed by atoms with van der Waals surface area (Å²) >= 11 is 1.33. The van der Waals surface area contributed by atoms with Crippen molar-refractivity contribution < 1.29 is 13.9 Å². The monoisotopic (exact) mass is 479 g/mol. The highest BCUT2D eigenvalue weighted by Gasteiger charge is 2.23. The van der Waals surface area contributed by atoms with Gasteiger partial charge in [-0.3, -0.25) is 14.5 Å². The molecule has 1 fully saturated rings. The van der Waals surface area contributed by atoms with Crippen LogP contribution in [-0.2, 0) is 6.54 Å². The van der Waals surface area contributed by atoms with E-state index in [0.717, 1.165) is 5.56 Å². The molecule has 2 aromatic heterocycles. The van der Waals surface area contributed by atoms with E-state index in [1.165, 1.54) is 40.1 Å². The van der Waals surface area contributed by atoms with Gasteiger partial charge in [-0.1, -0.05) is 29.5 Å². The van der Waals surface area contributed by atoms with Crippen LogP contribution in [-0.4, -0.2) is 63.6 Å². The number of benzene rings is 2. The molecule has 0 atom stereocenters. The average Bonchev–Trinajstić information content (AvgIpc) is 3.29. The molecule has 34 heavy (non-hydrogen) atoms. The van der Waals surface area contributed by atoms with E-state index in [2.05, 4.69) is 15.0 Å². The van der Waals surface area contributed by atoms with Gasteiger partial charge in [0.05, 0.1) is 18.4 Å². The minimum atomic E-state index is -0.422. The van der Waals surface area contributed by atoms with Crippen LogP contribution >= 0.6 is 11.3 Å². The van der Waals surface area contributed by atoms with Crippen molar-refractivity contribution in [2.24, 2.45) is 0 Å². The van der Waals surface area contributed by atoms with Gasteiger partial charge in [0.15, 0.2) is 5.01 Å². The summed E-state index contributed by atoms with van der Waals surface area (Å²) in [6.07, 6.45) is 0. The van der Waals surface area contributed by atoms with E-state index in [4.69, 9.17) is 4.74 Å². The molecule has 0 N–H and O–H groups in total. The highest BCUT2D eigenvalue weighted by Crippen LogP contribution is 2.32. The van der Waals surface area contributed by atoms with Crippen LogP contribution in [0.4, 0.5) is 4.39 Å². The van der Waals surface area contributed by atoms with Gasteiger partial charge in [0.2, 0.25) is 4.96 Å². The molecule has 1 saturated heterocycles. The third-order valence-corrected chi connectivity index (χ3v) is 6.69. The van der Waals surface area contributed by atoms with Crippen LogP contribution in [0.2, 0.25) is 0 Å². The van der Waals surface area contributed by atoms with Crippen molar-refractivity contribution in [2.75, 3.05) is 33.3 Å². The zero-order valence-corrected chi connectivity index (χ0v) is 19.3. The largest absolute Gasteiger partial charge is 0.496 e. The van der Waals surface area contributed by atoms with Crippen LogP contribution in [0.3, 0.4) is 0 Å². The van der Waals surface area contributed by atoms with Crippen LogP contribution < -0.4 is 10.3 Å². The molecule has 0 radical (unpaired) electrons. The number of halogens is 1. The maximum atomic E-state index is 13.5. The van der Waals surface area contributed by atoms with Crippen molar-refractivity contribution in [1.82, 2.24) is 24.4 Å². The normalized spacial score (nSPS) is 14.5. The molecule has 8 nitrogen and oxygen atoms in total. The maximum absolute atomic E-state index is 13.5. The molecule has 3 heterocycles. The van der Waals surface area contributed by atoms with Gasteiger partial charge in [-0.25, -0.2) is 9.37 Å². The van der Waals surface area contributed by atoms with Crippen molar-refractivity contribution in [3.05, 3.63) is 82.0 Å². The number of hydrogen-bond donors (Lipinski definition) is 0. The number of rotatable bonds is 5. The van der Waals surface area contributed by atoms with Crippen LogP contribution in [0.25, 0.3) is 15.5 Å². The number of nitrogens with zero attached hydrogens (tertiary/aromatic N) is 5. The van der Waals surface area contributed by atoms with Gasteiger partial charge in [-0.15, -0.1) is 0 Å². The quantitative estimate of drug-likeness (QED) is 0.438. The van der Waals surface area contributed by atoms with Gasteiger partial charge in [0.1, 0.15) is 11.6 Å². The molecule has 0 unspecified atom stereocenters. The van der Waals surface area contributed by atoms with E-state index in [-0.39, 0.29) is 11.5 Å². The molecular weight excluding hydrogens is 457 g/mol. The maximum Gasteiger partial charge on any atom is 0.275 e. The lowest BCUT2D eigenvalue weighted by Crippen LogP contribution is -2.48. The van der Waals surface area contributed by atoms with Crippen molar-refractivity contribution in [1.29, 1.82) is 0 Å². The topological polar surface area (TPSA) is 80.0 Å². The first-order chi connectivity index (χ1) is 16.5. The van der Waals surface area contributed by atoms with Crippen LogP contribution in [0.5, 0.6) is 5.75 Å². The number of carbonyl (C=O) groups excluding carboxylic acids is 1. The third-order valence-electron chi connectivity index (χ3n) is 5.75. The Hall–Kier alpha value is -3.63. The van der Waals surface area contributed by atoms with Gasteiger partial charge in [-0.2, -0.15) is 9.61 Å². The zero-order chi connectivity index (χ0) is 23.7. The lowest BCUT2D eigenvalue weighted by Gasteiger charge is -2.34. The molecule has 5 rings (SSSR count). The Morgan fingerprint density at radius 1 is 1.09 bits per heavy atom. The number of fused-ring (bicyclic) bond motifs is 1. The number of hydrogen-bond acceptors (Lipinski definition) is 7. The fourth-order valence-electron chi connectivity index (χ4n) is 4.01. The summed E-state index contributed by atoms with van der Waals surface area (Å²) in [5.41, 5.74) is 1.58. The molecule has 0 spiro atoms. The second kappa shape index (κ2) is 9.32. The van der Waals surface area contributed by atoms with Crippen molar-refractivity contribution in [3.8, 4) is 16.3 Å². The Morgan fingerprint density at radius 3 is 2.65 bits per heavy atom. The van der Waals surface area contributed by atoms with E-state index in [1.54, 1.807) is 18.1 Å². The number of ether oxygens (including phenoxy) is 1. The predicted octanol–water partition coefficient (Wildman–Crippen LogP) is 2.92. The van der Waals surface area contributed by atoms with E-state index in [9.17, 15) is 14.0 Å². The summed E-state index contributed by atoms with van der Waals surface area (Å²) in [5, 5.41) is 5.10. The smallest absolute Gasteiger partial charge is 0.275 e. The molecule has 1 amide bonds. The Balaban J connectivity index is 1.29. The summed E-state index contributed by atoms with van der Waals surface area (Å²) in [4.78, 5) is 34.4. The summed E-state index contributed by atoms with van der Waals surface area (Å²) in [7, 11) is 1.60. The Kier molecular flexibility index (Phi) is 6.08. The molecule has 174 valence electrons. The molecule has 2 aromatic carbocycles. The molecule has 4 aromatic rings. The van der Waals surface area contributed by atoms with Crippen molar-refractivity contribution in [2.45, 2.75) is 6.54 Å². The van der Waals surface area contributed by atoms with Gasteiger partial charge in [0.25, 0.3) is 11.5 Å². The van der Waals surface area contributed by atoms with E-state index < -0.39 is 5.82 Å². The summed E-state index contributed by atoms with van der Waals surface area (Å²) < 4.78 is 20.2. The number of piperazine rings is 1. The lowest BCUT2D eigenvalue weighted by atomic mass is 10.1. The minimum absolute atomic E-state index is 0.175. The summed E-state index contributed by atoms with van der Waals surface area (Å²) in [5.74, 6) is 0.0835. The molecule has 0 saturated carbocycles. The summed E-state index contributed by atoms with van der Waals surface area (Å²) in [6.45, 7) is 2.81. The molecule has 1 aliphatic heterocycles. The Bertz CT molecular complexity index is 1410. The highest BCUT2D eigenvalue weighted by molar-refractivity contribution is 7.19. The van der Waals surface area contributed by atoms with Crippen molar-refractivity contribution in [3.63, 3.8) is 0 Å². The van der Waals surface area contributed by atoms with E-state index in [0.29, 0.717) is 59.7 Å². The van der Waals surface area contributed by atoms with Gasteiger partial charge in [-0.05, 0) is 30.3 Å². The molecule has 1 aliphatic rings. The molecule has 0 bridgehead atoms. The molecular formula is C24H22FN5O3S. The SMILES string of the molecule is COc1ccccc1-c1nn2c(=O)cc(CN3CCN(C(=O)c4cccc(F)c4)CC3)nc2s1. The van der Waals surface area contributed by atoms with Gasteiger partial charge >= 0.3 is 0 Å². The first-order valence-electron chi connectivity index (χ1n) is 10.8. The van der Waals surface area contributed by atoms with Crippen LogP contribution in [0.15, 0.2) is 59.4 Å². The zero-order valence-electron chi connectivity index (χ0n) is 18.5. The number of methoxy groups -OCH3 is 1. The number of aromatic nitrogens is 3. The van der Waals surface area contributed by atoms with Gasteiger partial charge in [0, 0.05) is 44.4 Å². The van der Waals surface area contributed by atoms with E-state index >= 15 is 0 Å². The van der Waals surface area contributed by atoms with E-state index in [1.807, 2.05) is 24.3 Å². The fourth-order valence-corrected chi connectivity index (χ4v) is 4.96. The average molecular weight is 480 g/mol. The number of carbonyl (C=O) groups is 1. The van der Waals surface area contributed by atoms with Crippen LogP contribution in [0, 0.1) is 5.82 Å². The minimum Gasteiger partial charge on any atom is -0.496 e. The first-order valence-corrected chi connectivity index (χ1v) is 11.6. The predicted molar refractivity (Wildman–Crippen MR) is 127 cm³/mol. The Morgan fingerprint density at radius 2 is 1.88 bits per heavy atom. The number of para-hydroxylation sites is 1. The second-order valence-corrected chi connectivity index (χ2v) is 8.92.